The van der Waals surface area contributed by atoms with Crippen LogP contribution in [0.25, 0.3) is 0 Å². The van der Waals surface area contributed by atoms with Crippen LogP contribution in [0.3, 0.4) is 0 Å². The van der Waals surface area contributed by atoms with Crippen molar-refractivity contribution in [3.05, 3.63) is 21.4 Å². The van der Waals surface area contributed by atoms with Crippen molar-refractivity contribution in [1.29, 1.82) is 0 Å². The first-order valence-corrected chi connectivity index (χ1v) is 9.02. The van der Waals surface area contributed by atoms with Crippen LogP contribution in [0.15, 0.2) is 5.38 Å². The first-order chi connectivity index (χ1) is 10.5. The summed E-state index contributed by atoms with van der Waals surface area (Å²) >= 11 is 1.86. The Bertz CT molecular complexity index is 492. The van der Waals surface area contributed by atoms with E-state index in [0.29, 0.717) is 6.54 Å². The van der Waals surface area contributed by atoms with Gasteiger partial charge in [0, 0.05) is 25.0 Å². The number of likely N-dealkylation sites (tertiary alicyclic amines) is 1. The van der Waals surface area contributed by atoms with Crippen LogP contribution in [-0.4, -0.2) is 56.0 Å². The molecule has 1 aromatic heterocycles. The fraction of sp³-hybridized carbons (Fsp3) is 0.706. The van der Waals surface area contributed by atoms with Gasteiger partial charge in [0.25, 0.3) is 0 Å². The number of thiophene rings is 1. The maximum Gasteiger partial charge on any atom is 0.233 e. The molecule has 1 N–H and O–H groups in total. The zero-order chi connectivity index (χ0) is 16.1. The summed E-state index contributed by atoms with van der Waals surface area (Å²) in [6.07, 6.45) is 2.39. The standard InChI is InChI=1S/C17H29N3OS/c1-13-14(2)22-12-16(13)10-19(4)9-15-5-7-20(8-6-15)11-17(21)18-3/h12,15H,5-11H2,1-4H3,(H,18,21). The third-order valence-electron chi connectivity index (χ3n) is 4.75. The third kappa shape index (κ3) is 4.80. The number of hydrogen-bond acceptors (Lipinski definition) is 4. The molecule has 0 aromatic carbocycles. The van der Waals surface area contributed by atoms with Crippen molar-refractivity contribution in [2.24, 2.45) is 5.92 Å². The van der Waals surface area contributed by atoms with Gasteiger partial charge in [-0.1, -0.05) is 0 Å². The van der Waals surface area contributed by atoms with Gasteiger partial charge in [0.2, 0.25) is 5.91 Å². The molecule has 0 bridgehead atoms. The van der Waals surface area contributed by atoms with Gasteiger partial charge < -0.3 is 10.2 Å². The van der Waals surface area contributed by atoms with Gasteiger partial charge in [-0.15, -0.1) is 11.3 Å². The predicted molar refractivity (Wildman–Crippen MR) is 93.4 cm³/mol. The average Bonchev–Trinajstić information content (AvgIpc) is 2.81. The quantitative estimate of drug-likeness (QED) is 0.872. The van der Waals surface area contributed by atoms with Gasteiger partial charge in [-0.25, -0.2) is 0 Å². The Balaban J connectivity index is 1.73. The molecule has 0 unspecified atom stereocenters. The second-order valence-corrected chi connectivity index (χ2v) is 7.62. The Kier molecular flexibility index (Phi) is 6.41. The van der Waals surface area contributed by atoms with E-state index < -0.39 is 0 Å². The highest BCUT2D eigenvalue weighted by molar-refractivity contribution is 7.10. The first kappa shape index (κ1) is 17.4. The van der Waals surface area contributed by atoms with E-state index in [0.717, 1.165) is 32.1 Å². The van der Waals surface area contributed by atoms with E-state index in [1.807, 2.05) is 11.3 Å². The Morgan fingerprint density at radius 2 is 2.09 bits per heavy atom. The van der Waals surface area contributed by atoms with E-state index in [4.69, 9.17) is 0 Å². The number of nitrogens with one attached hydrogen (secondary N) is 1. The summed E-state index contributed by atoms with van der Waals surface area (Å²) in [6.45, 7) is 9.27. The maximum absolute atomic E-state index is 11.4. The van der Waals surface area contributed by atoms with Gasteiger partial charge in [-0.2, -0.15) is 0 Å². The van der Waals surface area contributed by atoms with Gasteiger partial charge >= 0.3 is 0 Å². The summed E-state index contributed by atoms with van der Waals surface area (Å²) in [5.41, 5.74) is 2.93. The topological polar surface area (TPSA) is 35.6 Å². The predicted octanol–water partition coefficient (Wildman–Crippen LogP) is 2.25. The van der Waals surface area contributed by atoms with Crippen molar-refractivity contribution in [2.75, 3.05) is 40.3 Å². The van der Waals surface area contributed by atoms with Crippen LogP contribution in [0.5, 0.6) is 0 Å². The van der Waals surface area contributed by atoms with Gasteiger partial charge in [0.1, 0.15) is 0 Å². The molecule has 1 fully saturated rings. The summed E-state index contributed by atoms with van der Waals surface area (Å²) in [5.74, 6) is 0.879. The zero-order valence-electron chi connectivity index (χ0n) is 14.3. The van der Waals surface area contributed by atoms with E-state index in [2.05, 4.69) is 41.4 Å². The SMILES string of the molecule is CNC(=O)CN1CCC(CN(C)Cc2csc(C)c2C)CC1. The number of carbonyl (C=O) groups excluding carboxylic acids is 1. The number of carbonyl (C=O) groups is 1. The lowest BCUT2D eigenvalue weighted by Crippen LogP contribution is -2.42. The number of likely N-dealkylation sites (N-methyl/N-ethyl adjacent to an activating group) is 1. The largest absolute Gasteiger partial charge is 0.358 e. The molecule has 0 spiro atoms. The minimum absolute atomic E-state index is 0.124. The Morgan fingerprint density at radius 1 is 1.41 bits per heavy atom. The van der Waals surface area contributed by atoms with Crippen molar-refractivity contribution in [3.8, 4) is 0 Å². The highest BCUT2D eigenvalue weighted by Gasteiger charge is 2.21. The second-order valence-electron chi connectivity index (χ2n) is 6.53. The zero-order valence-corrected chi connectivity index (χ0v) is 15.1. The molecule has 1 saturated heterocycles. The number of hydrogen-bond donors (Lipinski definition) is 1. The lowest BCUT2D eigenvalue weighted by atomic mass is 9.96. The van der Waals surface area contributed by atoms with Crippen LogP contribution in [0, 0.1) is 19.8 Å². The molecule has 1 amide bonds. The fourth-order valence-corrected chi connectivity index (χ4v) is 4.00. The van der Waals surface area contributed by atoms with Crippen molar-refractivity contribution in [2.45, 2.75) is 33.2 Å². The Labute approximate surface area is 138 Å². The molecule has 5 heteroatoms. The average molecular weight is 324 g/mol. The fourth-order valence-electron chi connectivity index (χ4n) is 3.12. The number of nitrogens with zero attached hydrogens (tertiary/aromatic N) is 2. The van der Waals surface area contributed by atoms with E-state index in [1.165, 1.54) is 28.8 Å². The van der Waals surface area contributed by atoms with Gasteiger partial charge in [0.15, 0.2) is 0 Å². The highest BCUT2D eigenvalue weighted by Crippen LogP contribution is 2.23. The molecule has 1 aromatic rings. The molecule has 22 heavy (non-hydrogen) atoms. The molecule has 1 aliphatic heterocycles. The molecular formula is C17H29N3OS. The van der Waals surface area contributed by atoms with E-state index >= 15 is 0 Å². The number of amides is 1. The Hall–Kier alpha value is -0.910. The van der Waals surface area contributed by atoms with Crippen LogP contribution in [-0.2, 0) is 11.3 Å². The highest BCUT2D eigenvalue weighted by atomic mass is 32.1. The monoisotopic (exact) mass is 323 g/mol. The molecule has 0 aliphatic carbocycles. The van der Waals surface area contributed by atoms with E-state index in [9.17, 15) is 4.79 Å². The molecule has 1 aliphatic rings. The minimum atomic E-state index is 0.124. The molecular weight excluding hydrogens is 294 g/mol. The van der Waals surface area contributed by atoms with Crippen LogP contribution in [0.4, 0.5) is 0 Å². The summed E-state index contributed by atoms with van der Waals surface area (Å²) in [4.78, 5) is 17.6. The van der Waals surface area contributed by atoms with Gasteiger partial charge in [-0.05, 0) is 69.3 Å². The molecule has 0 atom stereocenters. The number of aryl methyl sites for hydroxylation is 1. The normalized spacial score (nSPS) is 17.1. The van der Waals surface area contributed by atoms with Crippen LogP contribution in [0.2, 0.25) is 0 Å². The van der Waals surface area contributed by atoms with Crippen LogP contribution < -0.4 is 5.32 Å². The summed E-state index contributed by atoms with van der Waals surface area (Å²) in [5, 5.41) is 5.00. The molecule has 4 nitrogen and oxygen atoms in total. The van der Waals surface area contributed by atoms with Crippen molar-refractivity contribution in [3.63, 3.8) is 0 Å². The van der Waals surface area contributed by atoms with Gasteiger partial charge in [-0.3, -0.25) is 9.69 Å². The lowest BCUT2D eigenvalue weighted by Gasteiger charge is -2.33. The summed E-state index contributed by atoms with van der Waals surface area (Å²) < 4.78 is 0. The second kappa shape index (κ2) is 8.09. The van der Waals surface area contributed by atoms with Crippen LogP contribution in [0.1, 0.15) is 28.8 Å². The maximum atomic E-state index is 11.4. The van der Waals surface area contributed by atoms with Crippen molar-refractivity contribution < 1.29 is 4.79 Å². The van der Waals surface area contributed by atoms with E-state index in [-0.39, 0.29) is 5.91 Å². The van der Waals surface area contributed by atoms with Crippen molar-refractivity contribution >= 4 is 17.2 Å². The molecule has 2 heterocycles. The van der Waals surface area contributed by atoms with Crippen molar-refractivity contribution in [1.82, 2.24) is 15.1 Å². The number of piperidine rings is 1. The lowest BCUT2D eigenvalue weighted by molar-refractivity contribution is -0.122. The first-order valence-electron chi connectivity index (χ1n) is 8.14. The molecule has 0 radical (unpaired) electrons. The summed E-state index contributed by atoms with van der Waals surface area (Å²) in [7, 11) is 3.93. The smallest absolute Gasteiger partial charge is 0.233 e. The Morgan fingerprint density at radius 3 is 2.64 bits per heavy atom. The molecule has 2 rings (SSSR count). The van der Waals surface area contributed by atoms with E-state index in [1.54, 1.807) is 7.05 Å². The molecule has 124 valence electrons. The van der Waals surface area contributed by atoms with Gasteiger partial charge in [0.05, 0.1) is 6.54 Å². The number of rotatable bonds is 6. The third-order valence-corrected chi connectivity index (χ3v) is 5.81. The van der Waals surface area contributed by atoms with Crippen LogP contribution >= 0.6 is 11.3 Å². The minimum Gasteiger partial charge on any atom is -0.358 e. The summed E-state index contributed by atoms with van der Waals surface area (Å²) in [6, 6.07) is 0. The molecule has 0 saturated carbocycles.